The van der Waals surface area contributed by atoms with Crippen molar-refractivity contribution in [2.24, 2.45) is 5.92 Å². The fourth-order valence-corrected chi connectivity index (χ4v) is 4.13. The van der Waals surface area contributed by atoms with Gasteiger partial charge in [-0.15, -0.1) is 0 Å². The number of phenolic OH excluding ortho intramolecular Hbond substituents is 1. The first-order chi connectivity index (χ1) is 9.87. The number of nitro benzene ring substituents is 1. The van der Waals surface area contributed by atoms with Crippen molar-refractivity contribution < 1.29 is 18.4 Å². The van der Waals surface area contributed by atoms with Gasteiger partial charge in [-0.25, -0.2) is 8.42 Å². The third-order valence-corrected chi connectivity index (χ3v) is 5.08. The van der Waals surface area contributed by atoms with Gasteiger partial charge in [0.1, 0.15) is 5.75 Å². The summed E-state index contributed by atoms with van der Waals surface area (Å²) in [6.07, 6.45) is 4.95. The van der Waals surface area contributed by atoms with Gasteiger partial charge in [0, 0.05) is 12.1 Å². The Morgan fingerprint density at radius 1 is 1.29 bits per heavy atom. The first-order valence-electron chi connectivity index (χ1n) is 6.85. The molecule has 0 bridgehead atoms. The van der Waals surface area contributed by atoms with Crippen LogP contribution in [0.2, 0.25) is 0 Å². The Morgan fingerprint density at radius 2 is 1.95 bits per heavy atom. The molecule has 116 valence electrons. The molecule has 0 saturated heterocycles. The number of hydrogen-bond acceptors (Lipinski definition) is 5. The number of hydrogen-bond donors (Lipinski definition) is 2. The van der Waals surface area contributed by atoms with Crippen molar-refractivity contribution >= 4 is 21.4 Å². The van der Waals surface area contributed by atoms with E-state index in [1.165, 1.54) is 0 Å². The Labute approximate surface area is 123 Å². The summed E-state index contributed by atoms with van der Waals surface area (Å²) in [5.74, 6) is -0.236. The van der Waals surface area contributed by atoms with E-state index in [1.54, 1.807) is 0 Å². The fourth-order valence-electron chi connectivity index (χ4n) is 2.59. The van der Waals surface area contributed by atoms with Crippen LogP contribution in [0, 0.1) is 16.0 Å². The molecular weight excluding hydrogens is 296 g/mol. The van der Waals surface area contributed by atoms with E-state index >= 15 is 0 Å². The molecule has 2 N–H and O–H groups in total. The highest BCUT2D eigenvalue weighted by molar-refractivity contribution is 7.92. The van der Waals surface area contributed by atoms with Gasteiger partial charge in [0.15, 0.2) is 0 Å². The average Bonchev–Trinajstić information content (AvgIpc) is 2.41. The maximum Gasteiger partial charge on any atom is 0.271 e. The number of rotatable bonds is 5. The molecule has 1 fully saturated rings. The van der Waals surface area contributed by atoms with Crippen LogP contribution in [0.3, 0.4) is 0 Å². The molecule has 0 unspecified atom stereocenters. The van der Waals surface area contributed by atoms with E-state index < -0.39 is 14.9 Å². The van der Waals surface area contributed by atoms with Crippen LogP contribution in [0.1, 0.15) is 32.1 Å². The second-order valence-electron chi connectivity index (χ2n) is 5.35. The molecule has 1 saturated carbocycles. The summed E-state index contributed by atoms with van der Waals surface area (Å²) in [6.45, 7) is 0. The Bertz CT molecular complexity index is 623. The van der Waals surface area contributed by atoms with Crippen molar-refractivity contribution in [2.45, 2.75) is 32.1 Å². The van der Waals surface area contributed by atoms with Gasteiger partial charge in [-0.2, -0.15) is 0 Å². The molecule has 7 nitrogen and oxygen atoms in total. The predicted molar refractivity (Wildman–Crippen MR) is 78.7 cm³/mol. The molecule has 1 aliphatic carbocycles. The first kappa shape index (κ1) is 15.6. The van der Waals surface area contributed by atoms with Gasteiger partial charge in [0.2, 0.25) is 10.0 Å². The highest BCUT2D eigenvalue weighted by Crippen LogP contribution is 2.30. The number of phenols is 1. The number of non-ortho nitro benzene ring substituents is 1. The van der Waals surface area contributed by atoms with E-state index in [4.69, 9.17) is 0 Å². The van der Waals surface area contributed by atoms with E-state index in [0.717, 1.165) is 50.3 Å². The maximum atomic E-state index is 12.1. The molecule has 0 amide bonds. The quantitative estimate of drug-likeness (QED) is 0.493. The summed E-state index contributed by atoms with van der Waals surface area (Å²) in [5, 5.41) is 20.3. The highest BCUT2D eigenvalue weighted by Gasteiger charge is 2.23. The maximum absolute atomic E-state index is 12.1. The number of sulfonamides is 1. The second kappa shape index (κ2) is 6.30. The van der Waals surface area contributed by atoms with Crippen LogP contribution < -0.4 is 4.72 Å². The number of benzene rings is 1. The van der Waals surface area contributed by atoms with Crippen LogP contribution in [0.25, 0.3) is 0 Å². The Hall–Kier alpha value is -1.83. The fraction of sp³-hybridized carbons (Fsp3) is 0.538. The monoisotopic (exact) mass is 314 g/mol. The summed E-state index contributed by atoms with van der Waals surface area (Å²) in [7, 11) is -3.63. The van der Waals surface area contributed by atoms with E-state index in [0.29, 0.717) is 0 Å². The zero-order valence-electron chi connectivity index (χ0n) is 11.5. The molecular formula is C13H18N2O5S. The highest BCUT2D eigenvalue weighted by atomic mass is 32.2. The normalized spacial score (nSPS) is 16.6. The SMILES string of the molecule is O=[N+]([O-])c1ccc(O)c(NS(=O)(=O)CC2CCCCC2)c1. The lowest BCUT2D eigenvalue weighted by Crippen LogP contribution is -2.24. The first-order valence-corrected chi connectivity index (χ1v) is 8.50. The van der Waals surface area contributed by atoms with Gasteiger partial charge >= 0.3 is 0 Å². The smallest absolute Gasteiger partial charge is 0.271 e. The Balaban J connectivity index is 2.12. The number of nitrogens with one attached hydrogen (secondary N) is 1. The number of anilines is 1. The zero-order chi connectivity index (χ0) is 15.5. The third-order valence-electron chi connectivity index (χ3n) is 3.64. The standard InChI is InChI=1S/C13H18N2O5S/c16-13-7-6-11(15(17)18)8-12(13)14-21(19,20)9-10-4-2-1-3-5-10/h6-8,10,14,16H,1-5,9H2. The molecule has 1 aromatic rings. The molecule has 0 radical (unpaired) electrons. The summed E-state index contributed by atoms with van der Waals surface area (Å²) < 4.78 is 26.5. The van der Waals surface area contributed by atoms with Gasteiger partial charge in [-0.05, 0) is 24.8 Å². The molecule has 8 heteroatoms. The van der Waals surface area contributed by atoms with Crippen molar-refractivity contribution in [3.05, 3.63) is 28.3 Å². The Morgan fingerprint density at radius 3 is 2.57 bits per heavy atom. The van der Waals surface area contributed by atoms with Gasteiger partial charge in [0.05, 0.1) is 16.4 Å². The van der Waals surface area contributed by atoms with Gasteiger partial charge in [0.25, 0.3) is 5.69 Å². The van der Waals surface area contributed by atoms with Crippen molar-refractivity contribution in [1.29, 1.82) is 0 Å². The van der Waals surface area contributed by atoms with Gasteiger partial charge in [-0.3, -0.25) is 14.8 Å². The van der Waals surface area contributed by atoms with Crippen molar-refractivity contribution in [3.8, 4) is 5.75 Å². The van der Waals surface area contributed by atoms with Crippen LogP contribution in [-0.4, -0.2) is 24.2 Å². The van der Waals surface area contributed by atoms with Crippen LogP contribution in [0.4, 0.5) is 11.4 Å². The minimum atomic E-state index is -3.63. The van der Waals surface area contributed by atoms with Crippen molar-refractivity contribution in [1.82, 2.24) is 0 Å². The van der Waals surface area contributed by atoms with E-state index in [2.05, 4.69) is 4.72 Å². The summed E-state index contributed by atoms with van der Waals surface area (Å²) in [4.78, 5) is 10.1. The molecule has 1 aromatic carbocycles. The number of nitro groups is 1. The third kappa shape index (κ3) is 4.32. The summed E-state index contributed by atoms with van der Waals surface area (Å²) in [6, 6.07) is 3.25. The number of nitrogens with zero attached hydrogens (tertiary/aromatic N) is 1. The molecule has 0 heterocycles. The van der Waals surface area contributed by atoms with Gasteiger partial charge in [-0.1, -0.05) is 19.3 Å². The van der Waals surface area contributed by atoms with Crippen LogP contribution in [0.15, 0.2) is 18.2 Å². The van der Waals surface area contributed by atoms with E-state index in [1.807, 2.05) is 0 Å². The average molecular weight is 314 g/mol. The summed E-state index contributed by atoms with van der Waals surface area (Å²) in [5.41, 5.74) is -0.428. The van der Waals surface area contributed by atoms with Crippen molar-refractivity contribution in [2.75, 3.05) is 10.5 Å². The second-order valence-corrected chi connectivity index (χ2v) is 7.11. The van der Waals surface area contributed by atoms with E-state index in [9.17, 15) is 23.6 Å². The zero-order valence-corrected chi connectivity index (χ0v) is 12.3. The largest absolute Gasteiger partial charge is 0.506 e. The molecule has 21 heavy (non-hydrogen) atoms. The van der Waals surface area contributed by atoms with Gasteiger partial charge < -0.3 is 5.11 Å². The molecule has 0 aliphatic heterocycles. The van der Waals surface area contributed by atoms with Crippen LogP contribution >= 0.6 is 0 Å². The number of aromatic hydroxyl groups is 1. The lowest BCUT2D eigenvalue weighted by atomic mass is 9.91. The van der Waals surface area contributed by atoms with Crippen LogP contribution in [-0.2, 0) is 10.0 Å². The minimum Gasteiger partial charge on any atom is -0.506 e. The molecule has 1 aliphatic rings. The predicted octanol–water partition coefficient (Wildman–Crippen LogP) is 2.62. The summed E-state index contributed by atoms with van der Waals surface area (Å²) >= 11 is 0. The minimum absolute atomic E-state index is 0.0187. The van der Waals surface area contributed by atoms with E-state index in [-0.39, 0.29) is 28.8 Å². The molecule has 0 spiro atoms. The lowest BCUT2D eigenvalue weighted by Gasteiger charge is -2.21. The topological polar surface area (TPSA) is 110 Å². The molecule has 0 atom stereocenters. The van der Waals surface area contributed by atoms with Crippen molar-refractivity contribution in [3.63, 3.8) is 0 Å². The van der Waals surface area contributed by atoms with Crippen LogP contribution in [0.5, 0.6) is 5.75 Å². The molecule has 0 aromatic heterocycles. The Kier molecular flexibility index (Phi) is 4.66. The lowest BCUT2D eigenvalue weighted by molar-refractivity contribution is -0.384. The molecule has 2 rings (SSSR count).